The van der Waals surface area contributed by atoms with E-state index in [1.165, 1.54) is 0 Å². The van der Waals surface area contributed by atoms with Crippen LogP contribution in [0.15, 0.2) is 24.3 Å². The first-order chi connectivity index (χ1) is 10.5. The zero-order valence-electron chi connectivity index (χ0n) is 13.6. The summed E-state index contributed by atoms with van der Waals surface area (Å²) in [7, 11) is 0. The summed E-state index contributed by atoms with van der Waals surface area (Å²) < 4.78 is 5.61. The first-order valence-corrected chi connectivity index (χ1v) is 7.46. The largest absolute Gasteiger partial charge is 0.493 e. The van der Waals surface area contributed by atoms with Gasteiger partial charge in [-0.25, -0.2) is 0 Å². The molecule has 2 amide bonds. The quantitative estimate of drug-likeness (QED) is 0.620. The summed E-state index contributed by atoms with van der Waals surface area (Å²) in [6, 6.07) is 7.83. The molecule has 1 aromatic rings. The van der Waals surface area contributed by atoms with E-state index in [0.29, 0.717) is 19.1 Å². The Kier molecular flexibility index (Phi) is 10.8. The smallest absolute Gasteiger partial charge is 0.239 e. The molecular formula is C16H26ClN3O3. The molecule has 0 aliphatic heterocycles. The minimum Gasteiger partial charge on any atom is -0.493 e. The van der Waals surface area contributed by atoms with Gasteiger partial charge in [-0.05, 0) is 30.0 Å². The maximum atomic E-state index is 11.5. The lowest BCUT2D eigenvalue weighted by atomic mass is 10.1. The maximum absolute atomic E-state index is 11.5. The number of amides is 2. The summed E-state index contributed by atoms with van der Waals surface area (Å²) in [4.78, 5) is 22.4. The van der Waals surface area contributed by atoms with Crippen molar-refractivity contribution in [3.8, 4) is 5.75 Å². The second kappa shape index (κ2) is 11.7. The molecule has 0 spiro atoms. The molecule has 0 bridgehead atoms. The summed E-state index contributed by atoms with van der Waals surface area (Å²) in [6.07, 6.45) is 0.723. The van der Waals surface area contributed by atoms with Crippen molar-refractivity contribution in [2.45, 2.75) is 20.3 Å². The van der Waals surface area contributed by atoms with Gasteiger partial charge in [0.25, 0.3) is 0 Å². The Balaban J connectivity index is 0.00000484. The van der Waals surface area contributed by atoms with Gasteiger partial charge in [0.15, 0.2) is 0 Å². The highest BCUT2D eigenvalue weighted by molar-refractivity contribution is 5.85. The van der Waals surface area contributed by atoms with Gasteiger partial charge in [-0.3, -0.25) is 9.59 Å². The predicted molar refractivity (Wildman–Crippen MR) is 92.8 cm³/mol. The van der Waals surface area contributed by atoms with E-state index in [1.807, 2.05) is 24.3 Å². The van der Waals surface area contributed by atoms with Crippen LogP contribution < -0.4 is 21.1 Å². The van der Waals surface area contributed by atoms with E-state index in [0.717, 1.165) is 17.7 Å². The van der Waals surface area contributed by atoms with Crippen LogP contribution in [0.4, 0.5) is 0 Å². The van der Waals surface area contributed by atoms with Crippen LogP contribution in [0.25, 0.3) is 0 Å². The SMILES string of the molecule is CC(C)COc1ccc(CCNC(=O)CNC(=O)CN)cc1.Cl. The molecule has 6 nitrogen and oxygen atoms in total. The molecule has 0 radical (unpaired) electrons. The van der Waals surface area contributed by atoms with Crippen molar-refractivity contribution in [1.29, 1.82) is 0 Å². The van der Waals surface area contributed by atoms with Gasteiger partial charge in [-0.1, -0.05) is 26.0 Å². The minimum atomic E-state index is -0.341. The number of benzene rings is 1. The van der Waals surface area contributed by atoms with Crippen LogP contribution in [0, 0.1) is 5.92 Å². The molecule has 0 aliphatic carbocycles. The number of halogens is 1. The van der Waals surface area contributed by atoms with Gasteiger partial charge in [0, 0.05) is 6.54 Å². The predicted octanol–water partition coefficient (Wildman–Crippen LogP) is 0.877. The van der Waals surface area contributed by atoms with Crippen molar-refractivity contribution in [2.75, 3.05) is 26.2 Å². The van der Waals surface area contributed by atoms with Gasteiger partial charge in [-0.15, -0.1) is 12.4 Å². The summed E-state index contributed by atoms with van der Waals surface area (Å²) in [5, 5.41) is 5.16. The fourth-order valence-electron chi connectivity index (χ4n) is 1.68. The van der Waals surface area contributed by atoms with Crippen LogP contribution in [0.2, 0.25) is 0 Å². The van der Waals surface area contributed by atoms with E-state index in [1.54, 1.807) is 0 Å². The van der Waals surface area contributed by atoms with Gasteiger partial charge < -0.3 is 21.1 Å². The van der Waals surface area contributed by atoms with Crippen LogP contribution in [0.1, 0.15) is 19.4 Å². The number of carbonyl (C=O) groups is 2. The molecule has 0 saturated carbocycles. The van der Waals surface area contributed by atoms with Crippen molar-refractivity contribution in [1.82, 2.24) is 10.6 Å². The molecule has 1 aromatic carbocycles. The van der Waals surface area contributed by atoms with Crippen molar-refractivity contribution in [3.63, 3.8) is 0 Å². The Labute approximate surface area is 143 Å². The third-order valence-corrected chi connectivity index (χ3v) is 2.87. The Bertz CT molecular complexity index is 478. The molecule has 4 N–H and O–H groups in total. The van der Waals surface area contributed by atoms with E-state index < -0.39 is 0 Å². The van der Waals surface area contributed by atoms with Gasteiger partial charge in [0.2, 0.25) is 11.8 Å². The third kappa shape index (κ3) is 9.76. The number of ether oxygens (including phenoxy) is 1. The van der Waals surface area contributed by atoms with Crippen LogP contribution in [-0.4, -0.2) is 38.1 Å². The summed E-state index contributed by atoms with van der Waals surface area (Å²) in [6.45, 7) is 5.27. The number of nitrogens with two attached hydrogens (primary N) is 1. The Morgan fingerprint density at radius 2 is 1.78 bits per heavy atom. The van der Waals surface area contributed by atoms with Crippen LogP contribution in [0.5, 0.6) is 5.75 Å². The lowest BCUT2D eigenvalue weighted by Crippen LogP contribution is -2.40. The maximum Gasteiger partial charge on any atom is 0.239 e. The van der Waals surface area contributed by atoms with Gasteiger partial charge in [-0.2, -0.15) is 0 Å². The van der Waals surface area contributed by atoms with Crippen molar-refractivity contribution >= 4 is 24.2 Å². The zero-order valence-corrected chi connectivity index (χ0v) is 14.4. The molecule has 1 rings (SSSR count). The Morgan fingerprint density at radius 1 is 1.13 bits per heavy atom. The minimum absolute atomic E-state index is 0. The molecule has 7 heteroatoms. The number of hydrogen-bond acceptors (Lipinski definition) is 4. The van der Waals surface area contributed by atoms with E-state index in [9.17, 15) is 9.59 Å². The molecule has 0 saturated heterocycles. The zero-order chi connectivity index (χ0) is 16.4. The highest BCUT2D eigenvalue weighted by atomic mass is 35.5. The average Bonchev–Trinajstić information content (AvgIpc) is 2.51. The molecule has 0 fully saturated rings. The van der Waals surface area contributed by atoms with Crippen LogP contribution in [-0.2, 0) is 16.0 Å². The molecular weight excluding hydrogens is 318 g/mol. The van der Waals surface area contributed by atoms with E-state index >= 15 is 0 Å². The molecule has 130 valence electrons. The first-order valence-electron chi connectivity index (χ1n) is 7.46. The van der Waals surface area contributed by atoms with Crippen LogP contribution >= 0.6 is 12.4 Å². The average molecular weight is 344 g/mol. The summed E-state index contributed by atoms with van der Waals surface area (Å²) in [5.74, 6) is 0.784. The molecule has 0 unspecified atom stereocenters. The lowest BCUT2D eigenvalue weighted by molar-refractivity contribution is -0.125. The van der Waals surface area contributed by atoms with Gasteiger partial charge in [0.1, 0.15) is 5.75 Å². The molecule has 0 atom stereocenters. The van der Waals surface area contributed by atoms with E-state index in [2.05, 4.69) is 24.5 Å². The van der Waals surface area contributed by atoms with E-state index in [-0.39, 0.29) is 37.3 Å². The normalized spacial score (nSPS) is 9.91. The second-order valence-corrected chi connectivity index (χ2v) is 5.43. The summed E-state index contributed by atoms with van der Waals surface area (Å²) >= 11 is 0. The van der Waals surface area contributed by atoms with Crippen LogP contribution in [0.3, 0.4) is 0 Å². The number of rotatable bonds is 9. The number of carbonyl (C=O) groups excluding carboxylic acids is 2. The van der Waals surface area contributed by atoms with Gasteiger partial charge in [0.05, 0.1) is 19.7 Å². The molecule has 0 aliphatic rings. The second-order valence-electron chi connectivity index (χ2n) is 5.43. The lowest BCUT2D eigenvalue weighted by Gasteiger charge is -2.09. The topological polar surface area (TPSA) is 93.5 Å². The third-order valence-electron chi connectivity index (χ3n) is 2.87. The molecule has 0 heterocycles. The standard InChI is InChI=1S/C16H25N3O3.ClH/c1-12(2)11-22-14-5-3-13(4-6-14)7-8-18-16(21)10-19-15(20)9-17;/h3-6,12H,7-11,17H2,1-2H3,(H,18,21)(H,19,20);1H. The fraction of sp³-hybridized carbons (Fsp3) is 0.500. The Morgan fingerprint density at radius 3 is 2.35 bits per heavy atom. The van der Waals surface area contributed by atoms with Crippen molar-refractivity contribution in [2.24, 2.45) is 11.7 Å². The van der Waals surface area contributed by atoms with E-state index in [4.69, 9.17) is 10.5 Å². The molecule has 23 heavy (non-hydrogen) atoms. The number of nitrogens with one attached hydrogen (secondary N) is 2. The summed E-state index contributed by atoms with van der Waals surface area (Å²) in [5.41, 5.74) is 6.24. The molecule has 0 aromatic heterocycles. The fourth-order valence-corrected chi connectivity index (χ4v) is 1.68. The Hall–Kier alpha value is -1.79. The highest BCUT2D eigenvalue weighted by Gasteiger charge is 2.03. The number of hydrogen-bond donors (Lipinski definition) is 3. The van der Waals surface area contributed by atoms with Crippen molar-refractivity contribution in [3.05, 3.63) is 29.8 Å². The van der Waals surface area contributed by atoms with Gasteiger partial charge >= 0.3 is 0 Å². The first kappa shape index (κ1) is 21.2. The highest BCUT2D eigenvalue weighted by Crippen LogP contribution is 2.13. The monoisotopic (exact) mass is 343 g/mol. The van der Waals surface area contributed by atoms with Crippen molar-refractivity contribution < 1.29 is 14.3 Å².